The van der Waals surface area contributed by atoms with E-state index < -0.39 is 35.4 Å². The number of fused-ring (bicyclic) bond motifs is 10. The molecule has 2 saturated heterocycles. The van der Waals surface area contributed by atoms with Crippen molar-refractivity contribution >= 4 is 23.6 Å². The zero-order valence-corrected chi connectivity index (χ0v) is 30.8. The number of nitriles is 1. The van der Waals surface area contributed by atoms with E-state index in [-0.39, 0.29) is 92.7 Å². The van der Waals surface area contributed by atoms with Gasteiger partial charge in [-0.05, 0) is 50.9 Å². The Hall–Kier alpha value is -2.22. The molecule has 0 saturated carbocycles. The first-order valence-electron chi connectivity index (χ1n) is 14.5. The van der Waals surface area contributed by atoms with Crippen LogP contribution in [-0.2, 0) is 20.7 Å². The fourth-order valence-electron chi connectivity index (χ4n) is 7.92. The molecular formula is C31H34AcN4O7S. The molecule has 2 aromatic carbocycles. The molecule has 0 aromatic heterocycles. The fourth-order valence-corrected chi connectivity index (χ4v) is 9.43. The van der Waals surface area contributed by atoms with Gasteiger partial charge >= 0.3 is 5.97 Å². The molecule has 3 N–H and O–H groups in total. The van der Waals surface area contributed by atoms with E-state index in [0.29, 0.717) is 34.6 Å². The maximum atomic E-state index is 13.3. The van der Waals surface area contributed by atoms with E-state index in [1.165, 1.54) is 18.7 Å². The summed E-state index contributed by atoms with van der Waals surface area (Å²) in [4.78, 5) is 29.6. The maximum Gasteiger partial charge on any atom is 0.329 e. The van der Waals surface area contributed by atoms with Crippen molar-refractivity contribution in [2.45, 2.75) is 75.6 Å². The molecule has 1 amide bonds. The number of benzene rings is 2. The number of amides is 1. The number of phenolic OH excluding ortho intramolecular Hbond substituents is 2. The van der Waals surface area contributed by atoms with Gasteiger partial charge in [-0.2, -0.15) is 5.26 Å². The minimum Gasteiger partial charge on any atom is -0.507 e. The van der Waals surface area contributed by atoms with Gasteiger partial charge in [0.05, 0.1) is 23.4 Å². The second-order valence-corrected chi connectivity index (χ2v) is 13.3. The Morgan fingerprint density at radius 3 is 2.50 bits per heavy atom. The molecule has 2 fully saturated rings. The molecule has 6 aliphatic rings. The number of aryl methyl sites for hydroxylation is 1. The minimum atomic E-state index is -0.895. The van der Waals surface area contributed by atoms with Crippen molar-refractivity contribution in [2.24, 2.45) is 0 Å². The van der Waals surface area contributed by atoms with Gasteiger partial charge in [0.2, 0.25) is 12.7 Å². The molecule has 0 aliphatic carbocycles. The molecule has 0 spiro atoms. The van der Waals surface area contributed by atoms with Gasteiger partial charge in [0.1, 0.15) is 30.2 Å². The van der Waals surface area contributed by atoms with Crippen LogP contribution < -0.4 is 14.8 Å². The first-order valence-corrected chi connectivity index (χ1v) is 15.5. The second kappa shape index (κ2) is 11.5. The Balaban J connectivity index is 0.00000343. The molecule has 44 heavy (non-hydrogen) atoms. The molecule has 11 nitrogen and oxygen atoms in total. The van der Waals surface area contributed by atoms with Crippen LogP contribution >= 0.6 is 11.8 Å². The quantitative estimate of drug-likeness (QED) is 0.365. The number of aromatic hydroxyl groups is 2. The number of ether oxygens (including phenoxy) is 3. The predicted octanol–water partition coefficient (Wildman–Crippen LogP) is 2.82. The Kier molecular flexibility index (Phi) is 8.33. The molecule has 6 aliphatic heterocycles. The summed E-state index contributed by atoms with van der Waals surface area (Å²) >= 11 is 1.42. The van der Waals surface area contributed by atoms with Crippen molar-refractivity contribution in [3.8, 4) is 29.1 Å². The van der Waals surface area contributed by atoms with Crippen LogP contribution in [0.15, 0.2) is 6.07 Å². The number of hydrogen-bond acceptors (Lipinski definition) is 11. The molecule has 6 heterocycles. The van der Waals surface area contributed by atoms with Gasteiger partial charge in [0, 0.05) is 91.1 Å². The normalized spacial score (nSPS) is 30.2. The molecule has 4 bridgehead atoms. The van der Waals surface area contributed by atoms with Crippen LogP contribution in [0.25, 0.3) is 0 Å². The predicted molar refractivity (Wildman–Crippen MR) is 156 cm³/mol. The van der Waals surface area contributed by atoms with Gasteiger partial charge < -0.3 is 29.7 Å². The van der Waals surface area contributed by atoms with E-state index in [9.17, 15) is 25.1 Å². The van der Waals surface area contributed by atoms with Gasteiger partial charge in [-0.25, -0.2) is 4.79 Å². The molecule has 229 valence electrons. The van der Waals surface area contributed by atoms with E-state index >= 15 is 0 Å². The average molecular weight is 834 g/mol. The first kappa shape index (κ1) is 31.8. The van der Waals surface area contributed by atoms with Crippen molar-refractivity contribution in [3.05, 3.63) is 45.0 Å². The summed E-state index contributed by atoms with van der Waals surface area (Å²) in [6.07, 6.45) is 0.567. The Bertz CT molecular complexity index is 1630. The number of piperazine rings is 1. The van der Waals surface area contributed by atoms with Crippen LogP contribution in [0.3, 0.4) is 0 Å². The number of thioether (sulfide) groups is 1. The number of carbonyl (C=O) groups excluding carboxylic acids is 2. The van der Waals surface area contributed by atoms with Crippen molar-refractivity contribution in [1.29, 1.82) is 5.26 Å². The number of rotatable bonds is 1. The molecule has 7 atom stereocenters. The summed E-state index contributed by atoms with van der Waals surface area (Å²) in [5.74, 6) is 0.513. The zero-order valence-electron chi connectivity index (χ0n) is 25.2. The molecule has 8 rings (SSSR count). The van der Waals surface area contributed by atoms with Gasteiger partial charge in [-0.15, -0.1) is 11.8 Å². The van der Waals surface area contributed by atoms with Crippen LogP contribution in [0.5, 0.6) is 23.0 Å². The topological polar surface area (TPSA) is 145 Å². The summed E-state index contributed by atoms with van der Waals surface area (Å²) in [5.41, 5.74) is 5.49. The van der Waals surface area contributed by atoms with E-state index in [4.69, 9.17) is 14.2 Å². The molecule has 1 radical (unpaired) electrons. The summed E-state index contributed by atoms with van der Waals surface area (Å²) in [5, 5.41) is 36.5. The van der Waals surface area contributed by atoms with Crippen molar-refractivity contribution in [1.82, 2.24) is 15.1 Å². The van der Waals surface area contributed by atoms with Crippen molar-refractivity contribution in [3.63, 3.8) is 0 Å². The standard InChI is InChI=1S/C31H34N4O7S.Ac/c1-12-6-16-7-18-19(8-32)35-20-9-40-31(39)17(33-15(4)36)10-43-30(25(35)24(34(18)5)21(16)26(37)13(12)2)23-22(20)29-28(41-11-42-29)14(3)27(23)38;/h6,17-20,24-25,30,37-38H,7,9-11H2,1-5H3,(H,33,36);/t17-,18-,19-,20-,24+,25?,30+;/m0./s1. The Morgan fingerprint density at radius 2 is 1.80 bits per heavy atom. The van der Waals surface area contributed by atoms with Crippen LogP contribution in [0.4, 0.5) is 0 Å². The average Bonchev–Trinajstić information content (AvgIpc) is 3.46. The first-order chi connectivity index (χ1) is 20.5. The van der Waals surface area contributed by atoms with E-state index in [0.717, 1.165) is 22.3 Å². The Labute approximate surface area is 295 Å². The monoisotopic (exact) mass is 833 g/mol. The van der Waals surface area contributed by atoms with Gasteiger partial charge in [-0.3, -0.25) is 14.6 Å². The zero-order chi connectivity index (χ0) is 30.5. The summed E-state index contributed by atoms with van der Waals surface area (Å²) in [6.45, 7) is 6.89. The molecule has 1 unspecified atom stereocenters. The van der Waals surface area contributed by atoms with Crippen molar-refractivity contribution < 1.29 is 78.1 Å². The minimum absolute atomic E-state index is 0. The van der Waals surface area contributed by atoms with E-state index in [1.807, 2.05) is 20.9 Å². The number of nitrogens with one attached hydrogen (secondary N) is 1. The van der Waals surface area contributed by atoms with Crippen molar-refractivity contribution in [2.75, 3.05) is 26.2 Å². The molecule has 13 heteroatoms. The van der Waals surface area contributed by atoms with Crippen LogP contribution in [-0.4, -0.2) is 82.3 Å². The van der Waals surface area contributed by atoms with E-state index in [2.05, 4.69) is 27.3 Å². The van der Waals surface area contributed by atoms with Gasteiger partial charge in [-0.1, -0.05) is 6.07 Å². The third-order valence-corrected chi connectivity index (χ3v) is 11.4. The number of esters is 1. The number of carbonyl (C=O) groups is 2. The number of nitrogens with zero attached hydrogens (tertiary/aromatic N) is 3. The third-order valence-electron chi connectivity index (χ3n) is 9.99. The smallest absolute Gasteiger partial charge is 0.329 e. The van der Waals surface area contributed by atoms with Crippen LogP contribution in [0, 0.1) is 76.2 Å². The van der Waals surface area contributed by atoms with Gasteiger partial charge in [0.15, 0.2) is 11.5 Å². The van der Waals surface area contributed by atoms with E-state index in [1.54, 1.807) is 6.92 Å². The third kappa shape index (κ3) is 4.46. The number of likely N-dealkylation sites (N-methyl/N-ethyl adjacent to an activating group) is 1. The Morgan fingerprint density at radius 1 is 1.09 bits per heavy atom. The van der Waals surface area contributed by atoms with Gasteiger partial charge in [0.25, 0.3) is 0 Å². The largest absolute Gasteiger partial charge is 0.507 e. The maximum absolute atomic E-state index is 13.3. The SMILES string of the molecule is CC(=O)N[C@H]1CS[C@@H]2c3c(O)c(C)c4c(c3[C@H](COC1=O)N1C2[C@H]2c3c(cc(C)c(C)c3O)C[C@@H]([C@@H]1C#N)N2C)OCO4.[Ac]. The molecule has 2 aromatic rings. The van der Waals surface area contributed by atoms with Crippen LogP contribution in [0.1, 0.15) is 63.2 Å². The fraction of sp³-hybridized carbons (Fsp3) is 0.516. The number of hydrogen-bond donors (Lipinski definition) is 3. The summed E-state index contributed by atoms with van der Waals surface area (Å²) in [6, 6.07) is 1.59. The molecular weight excluding hydrogens is 799 g/mol. The second-order valence-electron chi connectivity index (χ2n) is 12.2. The summed E-state index contributed by atoms with van der Waals surface area (Å²) < 4.78 is 17.7. The van der Waals surface area contributed by atoms with Crippen LogP contribution in [0.2, 0.25) is 0 Å². The summed E-state index contributed by atoms with van der Waals surface area (Å²) in [7, 11) is 2.00. The number of phenols is 2.